The van der Waals surface area contributed by atoms with Gasteiger partial charge >= 0.3 is 6.18 Å². The molecule has 1 aliphatic heterocycles. The number of aromatic nitrogens is 2. The summed E-state index contributed by atoms with van der Waals surface area (Å²) < 4.78 is 37.6. The fourth-order valence-electron chi connectivity index (χ4n) is 2.84. The van der Waals surface area contributed by atoms with E-state index in [9.17, 15) is 18.0 Å². The molecule has 9 heteroatoms. The molecule has 2 aromatic rings. The van der Waals surface area contributed by atoms with Gasteiger partial charge in [-0.2, -0.15) is 13.2 Å². The van der Waals surface area contributed by atoms with Gasteiger partial charge in [0.15, 0.2) is 0 Å². The summed E-state index contributed by atoms with van der Waals surface area (Å²) in [4.78, 5) is 22.6. The van der Waals surface area contributed by atoms with Gasteiger partial charge in [-0.3, -0.25) is 4.79 Å². The van der Waals surface area contributed by atoms with E-state index in [0.29, 0.717) is 18.9 Å². The molecule has 1 amide bonds. The minimum absolute atomic E-state index is 0.182. The molecule has 0 spiro atoms. The summed E-state index contributed by atoms with van der Waals surface area (Å²) >= 11 is 0. The first kappa shape index (κ1) is 18.9. The lowest BCUT2D eigenvalue weighted by atomic mass is 10.1. The van der Waals surface area contributed by atoms with Crippen molar-refractivity contribution in [1.29, 1.82) is 0 Å². The Bertz CT molecular complexity index is 773. The third-order valence-electron chi connectivity index (χ3n) is 4.27. The molecule has 6 nitrogen and oxygen atoms in total. The molecule has 0 unspecified atom stereocenters. The SMILES string of the molecule is O=C(NCCNc1cc(N2CCCC2)ncn1)c1ccc(C(F)(F)F)cc1. The molecule has 1 aromatic heterocycles. The van der Waals surface area contributed by atoms with Gasteiger partial charge in [0, 0.05) is 37.8 Å². The standard InChI is InChI=1S/C18H20F3N5O/c19-18(20,21)14-5-3-13(4-6-14)17(27)23-8-7-22-15-11-16(25-12-24-15)26-9-1-2-10-26/h3-6,11-12H,1-2,7-10H2,(H,23,27)(H,22,24,25). The van der Waals surface area contributed by atoms with E-state index in [1.54, 1.807) is 0 Å². The van der Waals surface area contributed by atoms with Gasteiger partial charge in [0.25, 0.3) is 5.91 Å². The van der Waals surface area contributed by atoms with Gasteiger partial charge in [-0.1, -0.05) is 0 Å². The maximum absolute atomic E-state index is 12.5. The largest absolute Gasteiger partial charge is 0.416 e. The number of hydrogen-bond acceptors (Lipinski definition) is 5. The summed E-state index contributed by atoms with van der Waals surface area (Å²) in [6.07, 6.45) is -0.605. The van der Waals surface area contributed by atoms with Crippen molar-refractivity contribution in [3.05, 3.63) is 47.8 Å². The number of anilines is 2. The number of carbonyl (C=O) groups excluding carboxylic acids is 1. The van der Waals surface area contributed by atoms with Crippen LogP contribution in [-0.4, -0.2) is 42.1 Å². The van der Waals surface area contributed by atoms with Crippen LogP contribution in [0.1, 0.15) is 28.8 Å². The maximum Gasteiger partial charge on any atom is 0.416 e. The molecule has 144 valence electrons. The first-order valence-corrected chi connectivity index (χ1v) is 8.70. The minimum Gasteiger partial charge on any atom is -0.368 e. The summed E-state index contributed by atoms with van der Waals surface area (Å²) in [5, 5.41) is 5.76. The summed E-state index contributed by atoms with van der Waals surface area (Å²) in [6.45, 7) is 2.71. The van der Waals surface area contributed by atoms with Crippen molar-refractivity contribution in [2.24, 2.45) is 0 Å². The number of amides is 1. The second kappa shape index (κ2) is 8.24. The molecular formula is C18H20F3N5O. The predicted molar refractivity (Wildman–Crippen MR) is 95.7 cm³/mol. The first-order valence-electron chi connectivity index (χ1n) is 8.70. The van der Waals surface area contributed by atoms with Crippen molar-refractivity contribution < 1.29 is 18.0 Å². The minimum atomic E-state index is -4.41. The average Bonchev–Trinajstić information content (AvgIpc) is 3.19. The number of alkyl halides is 3. The van der Waals surface area contributed by atoms with E-state index in [1.807, 2.05) is 6.07 Å². The van der Waals surface area contributed by atoms with Crippen LogP contribution < -0.4 is 15.5 Å². The van der Waals surface area contributed by atoms with Gasteiger partial charge in [-0.15, -0.1) is 0 Å². The zero-order valence-electron chi connectivity index (χ0n) is 14.6. The molecule has 1 saturated heterocycles. The summed E-state index contributed by atoms with van der Waals surface area (Å²) in [5.41, 5.74) is -0.598. The van der Waals surface area contributed by atoms with Crippen LogP contribution in [-0.2, 0) is 6.18 Å². The topological polar surface area (TPSA) is 70.2 Å². The summed E-state index contributed by atoms with van der Waals surface area (Å²) in [5.74, 6) is 1.11. The number of rotatable bonds is 6. The van der Waals surface area contributed by atoms with Crippen LogP contribution in [0.25, 0.3) is 0 Å². The van der Waals surface area contributed by atoms with Crippen LogP contribution >= 0.6 is 0 Å². The van der Waals surface area contributed by atoms with Gasteiger partial charge in [-0.25, -0.2) is 9.97 Å². The Balaban J connectivity index is 1.46. The van der Waals surface area contributed by atoms with Crippen molar-refractivity contribution in [1.82, 2.24) is 15.3 Å². The summed E-state index contributed by atoms with van der Waals surface area (Å²) in [7, 11) is 0. The van der Waals surface area contributed by atoms with Gasteiger partial charge in [0.1, 0.15) is 18.0 Å². The number of benzene rings is 1. The van der Waals surface area contributed by atoms with E-state index in [4.69, 9.17) is 0 Å². The second-order valence-corrected chi connectivity index (χ2v) is 6.21. The highest BCUT2D eigenvalue weighted by Crippen LogP contribution is 2.29. The Kier molecular flexibility index (Phi) is 5.78. The van der Waals surface area contributed by atoms with Crippen molar-refractivity contribution >= 4 is 17.5 Å². The van der Waals surface area contributed by atoms with Crippen molar-refractivity contribution in [2.45, 2.75) is 19.0 Å². The fourth-order valence-corrected chi connectivity index (χ4v) is 2.84. The number of hydrogen-bond donors (Lipinski definition) is 2. The van der Waals surface area contributed by atoms with Crippen LogP contribution in [0.15, 0.2) is 36.7 Å². The van der Waals surface area contributed by atoms with Crippen LogP contribution in [0.2, 0.25) is 0 Å². The molecule has 2 heterocycles. The van der Waals surface area contributed by atoms with E-state index in [1.165, 1.54) is 18.5 Å². The van der Waals surface area contributed by atoms with Gasteiger partial charge in [-0.05, 0) is 37.1 Å². The van der Waals surface area contributed by atoms with Gasteiger partial charge in [0.05, 0.1) is 5.56 Å². The molecule has 1 fully saturated rings. The molecule has 0 aliphatic carbocycles. The quantitative estimate of drug-likeness (QED) is 0.756. The Hall–Kier alpha value is -2.84. The molecule has 2 N–H and O–H groups in total. The smallest absolute Gasteiger partial charge is 0.368 e. The van der Waals surface area contributed by atoms with E-state index < -0.39 is 17.6 Å². The van der Waals surface area contributed by atoms with Crippen molar-refractivity contribution in [2.75, 3.05) is 36.4 Å². The lowest BCUT2D eigenvalue weighted by Crippen LogP contribution is -2.29. The monoisotopic (exact) mass is 379 g/mol. The number of nitrogens with one attached hydrogen (secondary N) is 2. The second-order valence-electron chi connectivity index (χ2n) is 6.21. The van der Waals surface area contributed by atoms with E-state index in [2.05, 4.69) is 25.5 Å². The zero-order valence-corrected chi connectivity index (χ0v) is 14.6. The number of nitrogens with zero attached hydrogens (tertiary/aromatic N) is 3. The first-order chi connectivity index (χ1) is 12.9. The highest BCUT2D eigenvalue weighted by molar-refractivity contribution is 5.94. The molecule has 0 radical (unpaired) electrons. The fraction of sp³-hybridized carbons (Fsp3) is 0.389. The van der Waals surface area contributed by atoms with Crippen LogP contribution in [0, 0.1) is 0 Å². The van der Waals surface area contributed by atoms with Crippen LogP contribution in [0.4, 0.5) is 24.8 Å². The van der Waals surface area contributed by atoms with Crippen LogP contribution in [0.5, 0.6) is 0 Å². The molecular weight excluding hydrogens is 359 g/mol. The molecule has 0 saturated carbocycles. The highest BCUT2D eigenvalue weighted by atomic mass is 19.4. The molecule has 1 aliphatic rings. The number of halogens is 3. The highest BCUT2D eigenvalue weighted by Gasteiger charge is 2.30. The Morgan fingerprint density at radius 2 is 1.78 bits per heavy atom. The number of carbonyl (C=O) groups is 1. The normalized spacial score (nSPS) is 14.3. The molecule has 0 atom stereocenters. The molecule has 1 aromatic carbocycles. The van der Waals surface area contributed by atoms with Crippen molar-refractivity contribution in [3.63, 3.8) is 0 Å². The van der Waals surface area contributed by atoms with Crippen molar-refractivity contribution in [3.8, 4) is 0 Å². The third kappa shape index (κ3) is 5.08. The lowest BCUT2D eigenvalue weighted by Gasteiger charge is -2.16. The molecule has 3 rings (SSSR count). The average molecular weight is 379 g/mol. The van der Waals surface area contributed by atoms with E-state index in [-0.39, 0.29) is 5.56 Å². The third-order valence-corrected chi connectivity index (χ3v) is 4.27. The predicted octanol–water partition coefficient (Wildman–Crippen LogP) is 2.94. The van der Waals surface area contributed by atoms with Gasteiger partial charge < -0.3 is 15.5 Å². The Morgan fingerprint density at radius 1 is 1.07 bits per heavy atom. The van der Waals surface area contributed by atoms with E-state index >= 15 is 0 Å². The molecule has 27 heavy (non-hydrogen) atoms. The molecule has 0 bridgehead atoms. The Labute approximate surface area is 154 Å². The van der Waals surface area contributed by atoms with Crippen LogP contribution in [0.3, 0.4) is 0 Å². The lowest BCUT2D eigenvalue weighted by molar-refractivity contribution is -0.137. The zero-order chi connectivity index (χ0) is 19.3. The summed E-state index contributed by atoms with van der Waals surface area (Å²) in [6, 6.07) is 5.99. The maximum atomic E-state index is 12.5. The van der Waals surface area contributed by atoms with E-state index in [0.717, 1.165) is 43.9 Å². The Morgan fingerprint density at radius 3 is 2.44 bits per heavy atom. The van der Waals surface area contributed by atoms with Gasteiger partial charge in [0.2, 0.25) is 0 Å².